The number of hydrogen-bond donors (Lipinski definition) is 1. The van der Waals surface area contributed by atoms with E-state index in [4.69, 9.17) is 35.2 Å². The van der Waals surface area contributed by atoms with E-state index in [0.29, 0.717) is 33.8 Å². The van der Waals surface area contributed by atoms with Gasteiger partial charge in [-0.1, -0.05) is 16.8 Å². The van der Waals surface area contributed by atoms with Gasteiger partial charge in [-0.2, -0.15) is 4.98 Å². The maximum atomic E-state index is 6.24. The molecule has 8 nitrogen and oxygen atoms in total. The fourth-order valence-corrected chi connectivity index (χ4v) is 4.47. The number of rotatable bonds is 7. The summed E-state index contributed by atoms with van der Waals surface area (Å²) in [6.07, 6.45) is 6.65. The zero-order valence-electron chi connectivity index (χ0n) is 19.3. The van der Waals surface area contributed by atoms with Crippen LogP contribution in [0.1, 0.15) is 44.1 Å². The summed E-state index contributed by atoms with van der Waals surface area (Å²) in [5, 5.41) is 4.57. The Morgan fingerprint density at radius 2 is 1.74 bits per heavy atom. The second-order valence-electron chi connectivity index (χ2n) is 8.53. The number of halogens is 1. The van der Waals surface area contributed by atoms with E-state index < -0.39 is 5.60 Å². The first-order chi connectivity index (χ1) is 16.5. The number of nitrogens with zero attached hydrogens (tertiary/aromatic N) is 2. The first kappa shape index (κ1) is 22.6. The van der Waals surface area contributed by atoms with Crippen LogP contribution in [-0.2, 0) is 10.4 Å². The number of nitrogens with one attached hydrogen (secondary N) is 1. The average Bonchev–Trinajstić information content (AvgIpc) is 3.61. The minimum Gasteiger partial charge on any atom is -0.495 e. The lowest BCUT2D eigenvalue weighted by Gasteiger charge is -2.17. The minimum absolute atomic E-state index is 0.222. The molecule has 34 heavy (non-hydrogen) atoms. The van der Waals surface area contributed by atoms with E-state index in [1.807, 2.05) is 37.3 Å². The van der Waals surface area contributed by atoms with Crippen LogP contribution in [0, 0.1) is 0 Å². The number of ether oxygens (including phenoxy) is 3. The first-order valence-electron chi connectivity index (χ1n) is 11.2. The Balaban J connectivity index is 1.40. The van der Waals surface area contributed by atoms with E-state index in [1.54, 1.807) is 26.4 Å². The minimum atomic E-state index is -0.955. The molecule has 5 rings (SSSR count). The molecule has 0 amide bonds. The van der Waals surface area contributed by atoms with Crippen molar-refractivity contribution in [2.75, 3.05) is 14.2 Å². The van der Waals surface area contributed by atoms with Crippen LogP contribution in [0.15, 0.2) is 47.0 Å². The highest BCUT2D eigenvalue weighted by Gasteiger charge is 2.38. The highest BCUT2D eigenvalue weighted by atomic mass is 35.5. The quantitative estimate of drug-likeness (QED) is 0.470. The van der Waals surface area contributed by atoms with Gasteiger partial charge >= 0.3 is 0 Å². The van der Waals surface area contributed by atoms with Gasteiger partial charge in [-0.15, -0.1) is 0 Å². The molecule has 0 saturated heterocycles. The molecule has 0 spiro atoms. The van der Waals surface area contributed by atoms with E-state index >= 15 is 0 Å². The Morgan fingerprint density at radius 3 is 2.47 bits per heavy atom. The molecule has 1 saturated carbocycles. The zero-order valence-corrected chi connectivity index (χ0v) is 20.0. The van der Waals surface area contributed by atoms with Gasteiger partial charge in [0.25, 0.3) is 5.89 Å². The lowest BCUT2D eigenvalue weighted by Crippen LogP contribution is -2.23. The number of aromatic nitrogens is 2. The third-order valence-corrected chi connectivity index (χ3v) is 6.42. The van der Waals surface area contributed by atoms with Crippen LogP contribution < -0.4 is 19.7 Å². The summed E-state index contributed by atoms with van der Waals surface area (Å²) >= 11 is 6.24. The summed E-state index contributed by atoms with van der Waals surface area (Å²) in [6.45, 7) is 1.85. The zero-order chi connectivity index (χ0) is 23.7. The van der Waals surface area contributed by atoms with E-state index in [1.165, 1.54) is 12.8 Å². The Hall–Kier alpha value is -3.23. The van der Waals surface area contributed by atoms with Crippen molar-refractivity contribution in [3.8, 4) is 28.6 Å². The molecule has 0 bridgehead atoms. The molecular formula is C25H26ClN3O5. The number of hydroxylamine groups is 1. The summed E-state index contributed by atoms with van der Waals surface area (Å²) in [4.78, 5) is 10.4. The van der Waals surface area contributed by atoms with E-state index in [-0.39, 0.29) is 6.10 Å². The molecule has 1 aliphatic heterocycles. The van der Waals surface area contributed by atoms with Gasteiger partial charge in [0.1, 0.15) is 5.75 Å². The Kier molecular flexibility index (Phi) is 6.10. The molecular weight excluding hydrogens is 458 g/mol. The molecule has 178 valence electrons. The smallest absolute Gasteiger partial charge is 0.265 e. The Bertz CT molecular complexity index is 1220. The van der Waals surface area contributed by atoms with Gasteiger partial charge in [-0.05, 0) is 75.1 Å². The van der Waals surface area contributed by atoms with Crippen LogP contribution in [0.4, 0.5) is 0 Å². The summed E-state index contributed by atoms with van der Waals surface area (Å²) in [5.41, 5.74) is 4.42. The van der Waals surface area contributed by atoms with Crippen LogP contribution in [0.3, 0.4) is 0 Å². The normalized spacial score (nSPS) is 20.2. The van der Waals surface area contributed by atoms with E-state index in [0.717, 1.165) is 29.9 Å². The monoisotopic (exact) mass is 483 g/mol. The fourth-order valence-electron chi connectivity index (χ4n) is 4.21. The molecule has 1 aliphatic carbocycles. The maximum Gasteiger partial charge on any atom is 0.265 e. The van der Waals surface area contributed by atoms with Gasteiger partial charge in [0.2, 0.25) is 5.82 Å². The predicted molar refractivity (Wildman–Crippen MR) is 127 cm³/mol. The molecule has 9 heteroatoms. The number of hydrogen-bond acceptors (Lipinski definition) is 8. The highest BCUT2D eigenvalue weighted by molar-refractivity contribution is 6.32. The molecule has 2 aliphatic rings. The van der Waals surface area contributed by atoms with Crippen LogP contribution >= 0.6 is 11.6 Å². The van der Waals surface area contributed by atoms with Crippen LogP contribution in [-0.4, -0.2) is 30.5 Å². The highest BCUT2D eigenvalue weighted by Crippen LogP contribution is 2.38. The SMILES string of the molecule is COc1ccc(-c2noc(C3(C)C=C(c4ccc(OC)c(OC5CCCC5)c4)NO3)n2)cc1Cl. The molecule has 1 atom stereocenters. The van der Waals surface area contributed by atoms with E-state index in [9.17, 15) is 0 Å². The van der Waals surface area contributed by atoms with Crippen molar-refractivity contribution in [3.05, 3.63) is 59.0 Å². The Labute approximate surface area is 202 Å². The van der Waals surface area contributed by atoms with Gasteiger partial charge in [0.05, 0.1) is 31.0 Å². The van der Waals surface area contributed by atoms with Crippen molar-refractivity contribution in [1.82, 2.24) is 15.6 Å². The Morgan fingerprint density at radius 1 is 1.00 bits per heavy atom. The number of benzene rings is 2. The van der Waals surface area contributed by atoms with Crippen molar-refractivity contribution < 1.29 is 23.6 Å². The summed E-state index contributed by atoms with van der Waals surface area (Å²) in [6, 6.07) is 11.1. The van der Waals surface area contributed by atoms with Crippen LogP contribution in [0.2, 0.25) is 5.02 Å². The molecule has 2 aromatic carbocycles. The largest absolute Gasteiger partial charge is 0.495 e. The number of methoxy groups -OCH3 is 2. The van der Waals surface area contributed by atoms with E-state index in [2.05, 4.69) is 15.6 Å². The van der Waals surface area contributed by atoms with Gasteiger partial charge < -0.3 is 18.7 Å². The van der Waals surface area contributed by atoms with Crippen molar-refractivity contribution in [3.63, 3.8) is 0 Å². The lowest BCUT2D eigenvalue weighted by molar-refractivity contribution is -0.0445. The summed E-state index contributed by atoms with van der Waals surface area (Å²) in [5.74, 6) is 2.72. The lowest BCUT2D eigenvalue weighted by atomic mass is 10.0. The van der Waals surface area contributed by atoms with Gasteiger partial charge in [-0.25, -0.2) is 0 Å². The molecule has 1 unspecified atom stereocenters. The first-order valence-corrected chi connectivity index (χ1v) is 11.6. The second kappa shape index (κ2) is 9.19. The molecule has 1 aromatic heterocycles. The van der Waals surface area contributed by atoms with Crippen molar-refractivity contribution in [2.45, 2.75) is 44.3 Å². The van der Waals surface area contributed by atoms with Crippen molar-refractivity contribution in [2.24, 2.45) is 0 Å². The molecule has 1 fully saturated rings. The van der Waals surface area contributed by atoms with Crippen LogP contribution in [0.5, 0.6) is 17.2 Å². The topological polar surface area (TPSA) is 87.9 Å². The molecule has 0 radical (unpaired) electrons. The third-order valence-electron chi connectivity index (χ3n) is 6.12. The third kappa shape index (κ3) is 4.31. The van der Waals surface area contributed by atoms with Gasteiger partial charge in [-0.3, -0.25) is 10.3 Å². The molecule has 1 N–H and O–H groups in total. The average molecular weight is 484 g/mol. The predicted octanol–water partition coefficient (Wildman–Crippen LogP) is 5.52. The fraction of sp³-hybridized carbons (Fsp3) is 0.360. The summed E-state index contributed by atoms with van der Waals surface area (Å²) in [7, 11) is 3.21. The van der Waals surface area contributed by atoms with Crippen LogP contribution in [0.25, 0.3) is 17.1 Å². The van der Waals surface area contributed by atoms with Gasteiger partial charge in [0.15, 0.2) is 17.1 Å². The van der Waals surface area contributed by atoms with Gasteiger partial charge in [0, 0.05) is 11.1 Å². The standard InChI is InChI=1S/C25H26ClN3O5/c1-25(24-27-23(29-33-24)16-9-10-20(30-2)18(26)12-16)14-19(28-34-25)15-8-11-21(31-3)22(13-15)32-17-6-4-5-7-17/h8-14,17,28H,4-7H2,1-3H3. The molecule has 2 heterocycles. The molecule has 3 aromatic rings. The maximum absolute atomic E-state index is 6.24. The van der Waals surface area contributed by atoms with Crippen molar-refractivity contribution >= 4 is 17.3 Å². The van der Waals surface area contributed by atoms with Crippen molar-refractivity contribution in [1.29, 1.82) is 0 Å². The summed E-state index contributed by atoms with van der Waals surface area (Å²) < 4.78 is 22.5. The second-order valence-corrected chi connectivity index (χ2v) is 8.94.